The Hall–Kier alpha value is -3.44. The number of ether oxygens (including phenoxy) is 2. The van der Waals surface area contributed by atoms with Crippen molar-refractivity contribution in [2.45, 2.75) is 52.2 Å². The molecular formula is C25H33N5O6. The number of fused-ring (bicyclic) bond motifs is 1. The Bertz CT molecular complexity index is 1250. The maximum Gasteiger partial charge on any atom is 0.414 e. The SMILES string of the molecule is CCOC(=O)N(c1c(C(=O)N(C)OC)oc2ncc(-c3cn(C)nc3C)cc12)C1CCOC(CC)C1. The average molecular weight is 500 g/mol. The summed E-state index contributed by atoms with van der Waals surface area (Å²) in [6, 6.07) is 1.61. The maximum absolute atomic E-state index is 13.4. The Morgan fingerprint density at radius 1 is 1.31 bits per heavy atom. The zero-order valence-electron chi connectivity index (χ0n) is 21.6. The van der Waals surface area contributed by atoms with Gasteiger partial charge < -0.3 is 13.9 Å². The highest BCUT2D eigenvalue weighted by molar-refractivity contribution is 6.10. The first-order valence-corrected chi connectivity index (χ1v) is 12.1. The summed E-state index contributed by atoms with van der Waals surface area (Å²) < 4.78 is 19.0. The molecule has 0 aromatic carbocycles. The van der Waals surface area contributed by atoms with E-state index >= 15 is 0 Å². The van der Waals surface area contributed by atoms with Crippen molar-refractivity contribution in [3.63, 3.8) is 0 Å². The molecule has 4 rings (SSSR count). The molecule has 0 aliphatic carbocycles. The molecule has 0 N–H and O–H groups in total. The van der Waals surface area contributed by atoms with Gasteiger partial charge in [-0.05, 0) is 39.2 Å². The van der Waals surface area contributed by atoms with E-state index in [9.17, 15) is 9.59 Å². The third-order valence-corrected chi connectivity index (χ3v) is 6.46. The van der Waals surface area contributed by atoms with Crippen LogP contribution in [0.5, 0.6) is 0 Å². The monoisotopic (exact) mass is 499 g/mol. The summed E-state index contributed by atoms with van der Waals surface area (Å²) in [5.41, 5.74) is 3.06. The number of aromatic nitrogens is 3. The van der Waals surface area contributed by atoms with Gasteiger partial charge in [0.2, 0.25) is 11.5 Å². The smallest absolute Gasteiger partial charge is 0.414 e. The van der Waals surface area contributed by atoms with Crippen molar-refractivity contribution in [1.29, 1.82) is 0 Å². The van der Waals surface area contributed by atoms with E-state index in [0.717, 1.165) is 28.3 Å². The molecule has 4 heterocycles. The highest BCUT2D eigenvalue weighted by Gasteiger charge is 2.38. The van der Waals surface area contributed by atoms with Crippen molar-refractivity contribution in [3.05, 3.63) is 29.9 Å². The Balaban J connectivity index is 1.95. The molecule has 1 fully saturated rings. The number of anilines is 1. The van der Waals surface area contributed by atoms with Gasteiger partial charge in [0.1, 0.15) is 5.69 Å². The minimum absolute atomic E-state index is 0.00799. The van der Waals surface area contributed by atoms with E-state index in [0.29, 0.717) is 30.5 Å². The summed E-state index contributed by atoms with van der Waals surface area (Å²) >= 11 is 0. The highest BCUT2D eigenvalue weighted by Crippen LogP contribution is 2.39. The van der Waals surface area contributed by atoms with Crippen LogP contribution in [0.1, 0.15) is 49.4 Å². The lowest BCUT2D eigenvalue weighted by Crippen LogP contribution is -2.46. The number of rotatable bonds is 7. The predicted octanol–water partition coefficient (Wildman–Crippen LogP) is 4.09. The van der Waals surface area contributed by atoms with Gasteiger partial charge in [-0.25, -0.2) is 14.8 Å². The van der Waals surface area contributed by atoms with Crippen molar-refractivity contribution in [1.82, 2.24) is 19.8 Å². The fraction of sp³-hybridized carbons (Fsp3) is 0.520. The third kappa shape index (κ3) is 4.80. The average Bonchev–Trinajstić information content (AvgIpc) is 3.42. The van der Waals surface area contributed by atoms with Crippen molar-refractivity contribution < 1.29 is 28.3 Å². The van der Waals surface area contributed by atoms with Crippen molar-refractivity contribution in [2.24, 2.45) is 7.05 Å². The van der Waals surface area contributed by atoms with E-state index in [1.165, 1.54) is 14.2 Å². The van der Waals surface area contributed by atoms with Crippen LogP contribution in [-0.4, -0.2) is 71.3 Å². The molecule has 3 aromatic rings. The Morgan fingerprint density at radius 3 is 2.72 bits per heavy atom. The number of furan rings is 1. The molecular weight excluding hydrogens is 466 g/mol. The van der Waals surface area contributed by atoms with E-state index in [4.69, 9.17) is 18.7 Å². The van der Waals surface area contributed by atoms with Crippen molar-refractivity contribution >= 4 is 28.8 Å². The van der Waals surface area contributed by atoms with Crippen LogP contribution in [0.15, 0.2) is 22.9 Å². The number of nitrogens with zero attached hydrogens (tertiary/aromatic N) is 5. The lowest BCUT2D eigenvalue weighted by molar-refractivity contribution is -0.0772. The number of hydrogen-bond acceptors (Lipinski definition) is 8. The van der Waals surface area contributed by atoms with E-state index in [2.05, 4.69) is 10.1 Å². The van der Waals surface area contributed by atoms with Gasteiger partial charge in [0.25, 0.3) is 0 Å². The van der Waals surface area contributed by atoms with E-state index in [1.807, 2.05) is 33.2 Å². The molecule has 1 aliphatic rings. The van der Waals surface area contributed by atoms with Gasteiger partial charge in [0.05, 0.1) is 30.9 Å². The maximum atomic E-state index is 13.4. The van der Waals surface area contributed by atoms with Crippen LogP contribution in [0, 0.1) is 6.92 Å². The first-order chi connectivity index (χ1) is 17.3. The van der Waals surface area contributed by atoms with Crippen LogP contribution < -0.4 is 4.90 Å². The standard InChI is InChI=1S/C25H33N5O6/c1-7-18-12-17(9-10-35-18)30(25(32)34-8-2)21-19-11-16(20-14-28(4)27-15(20)3)13-26-23(19)36-22(21)24(31)29(5)33-6/h11,13-14,17-18H,7-10,12H2,1-6H3. The first-order valence-electron chi connectivity index (χ1n) is 12.1. The molecule has 0 radical (unpaired) electrons. The molecule has 11 nitrogen and oxygen atoms in total. The number of hydrogen-bond donors (Lipinski definition) is 0. The minimum atomic E-state index is -0.556. The van der Waals surface area contributed by atoms with Crippen LogP contribution in [0.3, 0.4) is 0 Å². The molecule has 3 aromatic heterocycles. The van der Waals surface area contributed by atoms with Gasteiger partial charge in [-0.2, -0.15) is 5.10 Å². The second-order valence-corrected chi connectivity index (χ2v) is 8.79. The second kappa shape index (κ2) is 10.7. The van der Waals surface area contributed by atoms with Gasteiger partial charge in [0, 0.05) is 50.3 Å². The molecule has 2 unspecified atom stereocenters. The number of amides is 2. The van der Waals surface area contributed by atoms with Crippen LogP contribution >= 0.6 is 0 Å². The number of carbonyl (C=O) groups is 2. The second-order valence-electron chi connectivity index (χ2n) is 8.79. The summed E-state index contributed by atoms with van der Waals surface area (Å²) in [5, 5.41) is 6.00. The molecule has 194 valence electrons. The van der Waals surface area contributed by atoms with Gasteiger partial charge in [0.15, 0.2) is 0 Å². The summed E-state index contributed by atoms with van der Waals surface area (Å²) in [7, 11) is 4.71. The van der Waals surface area contributed by atoms with Gasteiger partial charge >= 0.3 is 12.0 Å². The molecule has 1 saturated heterocycles. The number of carbonyl (C=O) groups excluding carboxylic acids is 2. The first kappa shape index (κ1) is 25.6. The van der Waals surface area contributed by atoms with Crippen LogP contribution in [0.2, 0.25) is 0 Å². The fourth-order valence-electron chi connectivity index (χ4n) is 4.61. The predicted molar refractivity (Wildman–Crippen MR) is 133 cm³/mol. The van der Waals surface area contributed by atoms with Crippen molar-refractivity contribution in [2.75, 3.05) is 32.3 Å². The largest absolute Gasteiger partial charge is 0.449 e. The van der Waals surface area contributed by atoms with Gasteiger partial charge in [-0.1, -0.05) is 6.92 Å². The van der Waals surface area contributed by atoms with Crippen LogP contribution in [-0.2, 0) is 21.4 Å². The lowest BCUT2D eigenvalue weighted by atomic mass is 9.99. The minimum Gasteiger partial charge on any atom is -0.449 e. The topological polar surface area (TPSA) is 112 Å². The summed E-state index contributed by atoms with van der Waals surface area (Å²) in [6.07, 6.45) is 5.00. The Labute approximate surface area is 209 Å². The summed E-state index contributed by atoms with van der Waals surface area (Å²) in [6.45, 7) is 6.39. The van der Waals surface area contributed by atoms with Crippen molar-refractivity contribution in [3.8, 4) is 11.1 Å². The number of aryl methyl sites for hydroxylation is 2. The highest BCUT2D eigenvalue weighted by atomic mass is 16.7. The third-order valence-electron chi connectivity index (χ3n) is 6.46. The summed E-state index contributed by atoms with van der Waals surface area (Å²) in [4.78, 5) is 37.9. The summed E-state index contributed by atoms with van der Waals surface area (Å²) in [5.74, 6) is -0.590. The molecule has 0 bridgehead atoms. The van der Waals surface area contributed by atoms with Gasteiger partial charge in [-0.3, -0.25) is 19.2 Å². The van der Waals surface area contributed by atoms with E-state index in [-0.39, 0.29) is 30.2 Å². The number of hydroxylamine groups is 2. The molecule has 36 heavy (non-hydrogen) atoms. The molecule has 11 heteroatoms. The van der Waals surface area contributed by atoms with E-state index < -0.39 is 12.0 Å². The quantitative estimate of drug-likeness (QED) is 0.447. The molecule has 0 saturated carbocycles. The normalized spacial score (nSPS) is 17.8. The Morgan fingerprint density at radius 2 is 2.08 bits per heavy atom. The zero-order chi connectivity index (χ0) is 26.0. The molecule has 2 atom stereocenters. The van der Waals surface area contributed by atoms with Gasteiger partial charge in [-0.15, -0.1) is 0 Å². The Kier molecular flexibility index (Phi) is 7.60. The zero-order valence-corrected chi connectivity index (χ0v) is 21.6. The van der Waals surface area contributed by atoms with Crippen LogP contribution in [0.25, 0.3) is 22.2 Å². The lowest BCUT2D eigenvalue weighted by Gasteiger charge is -2.36. The van der Waals surface area contributed by atoms with Crippen LogP contribution in [0.4, 0.5) is 10.5 Å². The molecule has 2 amide bonds. The molecule has 0 spiro atoms. The molecule has 1 aliphatic heterocycles. The fourth-order valence-corrected chi connectivity index (χ4v) is 4.61. The van der Waals surface area contributed by atoms with E-state index in [1.54, 1.807) is 22.7 Å². The number of pyridine rings is 1.